The van der Waals surface area contributed by atoms with E-state index in [9.17, 15) is 21.6 Å². The standard InChI is InChI=1S/C22H23BrClNO5S2/c1-13(26)16-12-17-19(24)11-10-18(23)20(17)25(21(16)31(5,27)28)32(29,30)15-8-6-14(7-9-15)22(2,3)4/h6-12,21H,1-5H3. The quantitative estimate of drug-likeness (QED) is 0.528. The summed E-state index contributed by atoms with van der Waals surface area (Å²) >= 11 is 9.67. The highest BCUT2D eigenvalue weighted by molar-refractivity contribution is 9.10. The van der Waals surface area contributed by atoms with Gasteiger partial charge in [-0.1, -0.05) is 44.5 Å². The Morgan fingerprint density at radius 3 is 2.06 bits per heavy atom. The number of benzene rings is 2. The van der Waals surface area contributed by atoms with Gasteiger partial charge in [-0.3, -0.25) is 4.79 Å². The smallest absolute Gasteiger partial charge is 0.265 e. The van der Waals surface area contributed by atoms with Crippen molar-refractivity contribution < 1.29 is 21.6 Å². The third-order valence-corrected chi connectivity index (χ3v) is 9.36. The molecule has 172 valence electrons. The van der Waals surface area contributed by atoms with Crippen LogP contribution >= 0.6 is 27.5 Å². The molecule has 0 saturated carbocycles. The maximum Gasteiger partial charge on any atom is 0.265 e. The zero-order valence-electron chi connectivity index (χ0n) is 18.2. The van der Waals surface area contributed by atoms with Gasteiger partial charge in [0.2, 0.25) is 0 Å². The normalized spacial score (nSPS) is 17.0. The van der Waals surface area contributed by atoms with E-state index in [4.69, 9.17) is 11.6 Å². The van der Waals surface area contributed by atoms with E-state index >= 15 is 0 Å². The van der Waals surface area contributed by atoms with Crippen LogP contribution in [0.25, 0.3) is 6.08 Å². The van der Waals surface area contributed by atoms with Crippen LogP contribution in [0.4, 0.5) is 5.69 Å². The largest absolute Gasteiger partial charge is 0.295 e. The molecule has 0 bridgehead atoms. The van der Waals surface area contributed by atoms with Gasteiger partial charge < -0.3 is 0 Å². The van der Waals surface area contributed by atoms with Crippen molar-refractivity contribution >= 4 is 64.9 Å². The van der Waals surface area contributed by atoms with Gasteiger partial charge in [-0.2, -0.15) is 0 Å². The molecule has 0 spiro atoms. The Labute approximate surface area is 202 Å². The van der Waals surface area contributed by atoms with Gasteiger partial charge in [-0.05, 0) is 64.2 Å². The molecule has 3 rings (SSSR count). The van der Waals surface area contributed by atoms with Gasteiger partial charge in [0.1, 0.15) is 0 Å². The first-order chi connectivity index (χ1) is 14.6. The van der Waals surface area contributed by atoms with Crippen molar-refractivity contribution in [1.82, 2.24) is 0 Å². The summed E-state index contributed by atoms with van der Waals surface area (Å²) in [7, 11) is -8.47. The maximum absolute atomic E-state index is 13.9. The summed E-state index contributed by atoms with van der Waals surface area (Å²) in [4.78, 5) is 12.3. The fraction of sp³-hybridized carbons (Fsp3) is 0.318. The number of Topliss-reactive ketones (excluding diaryl/α,β-unsaturated/α-hetero) is 1. The second kappa shape index (κ2) is 8.27. The lowest BCUT2D eigenvalue weighted by atomic mass is 9.87. The fourth-order valence-electron chi connectivity index (χ4n) is 3.56. The highest BCUT2D eigenvalue weighted by Gasteiger charge is 2.45. The molecule has 1 unspecified atom stereocenters. The minimum absolute atomic E-state index is 0.0674. The Bertz CT molecular complexity index is 1340. The SMILES string of the molecule is CC(=O)C1=Cc2c(Cl)ccc(Br)c2N(S(=O)(=O)c2ccc(C(C)(C)C)cc2)C1S(C)(=O)=O. The molecule has 10 heteroatoms. The molecule has 0 aromatic heterocycles. The van der Waals surface area contributed by atoms with E-state index in [0.29, 0.717) is 4.47 Å². The summed E-state index contributed by atoms with van der Waals surface area (Å²) in [6.45, 7) is 7.20. The average Bonchev–Trinajstić information content (AvgIpc) is 2.68. The van der Waals surface area contributed by atoms with Crippen LogP contribution in [-0.4, -0.2) is 34.2 Å². The van der Waals surface area contributed by atoms with Crippen LogP contribution in [0.1, 0.15) is 38.8 Å². The van der Waals surface area contributed by atoms with Crippen molar-refractivity contribution in [3.8, 4) is 0 Å². The number of hydrogen-bond donors (Lipinski definition) is 0. The van der Waals surface area contributed by atoms with Gasteiger partial charge in [0, 0.05) is 21.9 Å². The van der Waals surface area contributed by atoms with Gasteiger partial charge >= 0.3 is 0 Å². The lowest BCUT2D eigenvalue weighted by Gasteiger charge is -2.37. The minimum Gasteiger partial charge on any atom is -0.295 e. The van der Waals surface area contributed by atoms with Crippen LogP contribution < -0.4 is 4.31 Å². The molecular weight excluding hydrogens is 538 g/mol. The minimum atomic E-state index is -4.40. The Kier molecular flexibility index (Phi) is 6.45. The van der Waals surface area contributed by atoms with E-state index in [0.717, 1.165) is 16.1 Å². The molecule has 0 saturated heterocycles. The Morgan fingerprint density at radius 2 is 1.59 bits per heavy atom. The molecule has 6 nitrogen and oxygen atoms in total. The Balaban J connectivity index is 2.37. The van der Waals surface area contributed by atoms with Crippen molar-refractivity contribution in [3.63, 3.8) is 0 Å². The van der Waals surface area contributed by atoms with E-state index in [2.05, 4.69) is 15.9 Å². The van der Waals surface area contributed by atoms with E-state index in [-0.39, 0.29) is 32.2 Å². The van der Waals surface area contributed by atoms with Gasteiger partial charge in [0.15, 0.2) is 21.0 Å². The molecule has 1 heterocycles. The van der Waals surface area contributed by atoms with Crippen LogP contribution in [-0.2, 0) is 30.1 Å². The number of hydrogen-bond acceptors (Lipinski definition) is 5. The topological polar surface area (TPSA) is 88.6 Å². The summed E-state index contributed by atoms with van der Waals surface area (Å²) in [5.41, 5.74) is 0.869. The number of carbonyl (C=O) groups is 1. The van der Waals surface area contributed by atoms with Crippen LogP contribution in [0.3, 0.4) is 0 Å². The summed E-state index contributed by atoms with van der Waals surface area (Å²) in [5, 5.41) is -1.54. The zero-order valence-corrected chi connectivity index (χ0v) is 22.2. The number of anilines is 1. The molecular formula is C22H23BrClNO5S2. The van der Waals surface area contributed by atoms with Crippen molar-refractivity contribution in [3.05, 3.63) is 62.6 Å². The third kappa shape index (κ3) is 4.40. The molecule has 0 radical (unpaired) electrons. The molecule has 0 aliphatic carbocycles. The predicted molar refractivity (Wildman–Crippen MR) is 131 cm³/mol. The molecule has 0 N–H and O–H groups in total. The monoisotopic (exact) mass is 559 g/mol. The van der Waals surface area contributed by atoms with Gasteiger partial charge in [-0.25, -0.2) is 21.1 Å². The Hall–Kier alpha value is -1.68. The third-order valence-electron chi connectivity index (χ3n) is 5.20. The van der Waals surface area contributed by atoms with E-state index in [1.165, 1.54) is 25.1 Å². The van der Waals surface area contributed by atoms with Gasteiger partial charge in [0.05, 0.1) is 15.6 Å². The molecule has 1 aliphatic heterocycles. The first kappa shape index (κ1) is 25.0. The van der Waals surface area contributed by atoms with E-state index in [1.54, 1.807) is 24.3 Å². The van der Waals surface area contributed by atoms with E-state index < -0.39 is 31.0 Å². The number of ketones is 1. The van der Waals surface area contributed by atoms with E-state index in [1.807, 2.05) is 20.8 Å². The summed E-state index contributed by atoms with van der Waals surface area (Å²) in [6.07, 6.45) is 2.26. The first-order valence-corrected chi connectivity index (χ1v) is 14.2. The molecule has 0 amide bonds. The van der Waals surface area contributed by atoms with Crippen LogP contribution in [0.2, 0.25) is 5.02 Å². The molecule has 1 atom stereocenters. The molecule has 2 aromatic carbocycles. The first-order valence-electron chi connectivity index (χ1n) is 9.61. The maximum atomic E-state index is 13.9. The molecule has 2 aromatic rings. The lowest BCUT2D eigenvalue weighted by Crippen LogP contribution is -2.49. The van der Waals surface area contributed by atoms with Crippen molar-refractivity contribution in [2.24, 2.45) is 0 Å². The molecule has 32 heavy (non-hydrogen) atoms. The number of sulfonamides is 1. The Morgan fingerprint density at radius 1 is 1.03 bits per heavy atom. The number of nitrogens with zero attached hydrogens (tertiary/aromatic N) is 1. The number of carbonyl (C=O) groups excluding carboxylic acids is 1. The molecule has 0 fully saturated rings. The summed E-state index contributed by atoms with van der Waals surface area (Å²) < 4.78 is 54.5. The summed E-state index contributed by atoms with van der Waals surface area (Å²) in [5.74, 6) is -0.564. The van der Waals surface area contributed by atoms with Crippen LogP contribution in [0, 0.1) is 0 Å². The fourth-order valence-corrected chi connectivity index (χ4v) is 7.88. The summed E-state index contributed by atoms with van der Waals surface area (Å²) in [6, 6.07) is 9.36. The second-order valence-corrected chi connectivity index (χ2v) is 13.9. The number of halogens is 2. The van der Waals surface area contributed by atoms with Gasteiger partial charge in [0.25, 0.3) is 10.0 Å². The van der Waals surface area contributed by atoms with Crippen molar-refractivity contribution in [2.75, 3.05) is 10.6 Å². The van der Waals surface area contributed by atoms with Crippen LogP contribution in [0.15, 0.2) is 51.3 Å². The second-order valence-electron chi connectivity index (χ2n) is 8.70. The predicted octanol–water partition coefficient (Wildman–Crippen LogP) is 4.95. The van der Waals surface area contributed by atoms with Crippen LogP contribution in [0.5, 0.6) is 0 Å². The zero-order chi connectivity index (χ0) is 24.2. The van der Waals surface area contributed by atoms with Crippen molar-refractivity contribution in [1.29, 1.82) is 0 Å². The number of rotatable bonds is 4. The van der Waals surface area contributed by atoms with Crippen molar-refractivity contribution in [2.45, 2.75) is 43.4 Å². The number of fused-ring (bicyclic) bond motifs is 1. The van der Waals surface area contributed by atoms with Gasteiger partial charge in [-0.15, -0.1) is 0 Å². The molecule has 1 aliphatic rings. The average molecular weight is 561 g/mol. The number of sulfone groups is 1. The highest BCUT2D eigenvalue weighted by atomic mass is 79.9. The lowest BCUT2D eigenvalue weighted by molar-refractivity contribution is -0.113. The highest BCUT2D eigenvalue weighted by Crippen LogP contribution is 2.45.